The summed E-state index contributed by atoms with van der Waals surface area (Å²) in [5.74, 6) is 0. The fourth-order valence-electron chi connectivity index (χ4n) is 0.823. The van der Waals surface area contributed by atoms with Crippen molar-refractivity contribution in [3.8, 4) is 0 Å². The molecule has 0 radical (unpaired) electrons. The summed E-state index contributed by atoms with van der Waals surface area (Å²) in [7, 11) is 0. The van der Waals surface area contributed by atoms with Crippen molar-refractivity contribution < 1.29 is 0 Å². The lowest BCUT2D eigenvalue weighted by atomic mass is 10.2. The number of unbranched alkanes of at least 4 members (excludes halogenated alkanes) is 1. The predicted octanol–water partition coefficient (Wildman–Crippen LogP) is 2.55. The van der Waals surface area contributed by atoms with Crippen LogP contribution in [-0.2, 0) is 0 Å². The number of hydrogen-bond donors (Lipinski definition) is 1. The van der Waals surface area contributed by atoms with Crippen LogP contribution >= 0.6 is 0 Å². The summed E-state index contributed by atoms with van der Waals surface area (Å²) in [5, 5.41) is 4.13. The molecule has 0 bridgehead atoms. The van der Waals surface area contributed by atoms with Gasteiger partial charge in [-0.3, -0.25) is 0 Å². The molecule has 1 N–H and O–H groups in total. The fraction of sp³-hybridized carbons (Fsp3) is 0.889. The maximum absolute atomic E-state index is 4.13. The summed E-state index contributed by atoms with van der Waals surface area (Å²) < 4.78 is 0. The van der Waals surface area contributed by atoms with Gasteiger partial charge >= 0.3 is 0 Å². The van der Waals surface area contributed by atoms with Crippen molar-refractivity contribution in [2.24, 2.45) is 5.10 Å². The first-order valence-corrected chi connectivity index (χ1v) is 4.62. The Morgan fingerprint density at radius 3 is 2.36 bits per heavy atom. The summed E-state index contributed by atoms with van der Waals surface area (Å²) >= 11 is 0. The van der Waals surface area contributed by atoms with E-state index in [1.54, 1.807) is 0 Å². The number of rotatable bonds is 6. The molecule has 0 heterocycles. The van der Waals surface area contributed by atoms with Crippen molar-refractivity contribution in [1.29, 1.82) is 0 Å². The molecule has 0 rings (SSSR count). The quantitative estimate of drug-likeness (QED) is 0.464. The average molecular weight is 156 g/mol. The third kappa shape index (κ3) is 5.89. The highest BCUT2D eigenvalue weighted by Gasteiger charge is 1.97. The maximum Gasteiger partial charge on any atom is 0.0434 e. The van der Waals surface area contributed by atoms with Crippen LogP contribution in [0.2, 0.25) is 0 Å². The third-order valence-electron chi connectivity index (χ3n) is 1.75. The maximum atomic E-state index is 4.13. The van der Waals surface area contributed by atoms with Gasteiger partial charge in [0.05, 0.1) is 0 Å². The summed E-state index contributed by atoms with van der Waals surface area (Å²) in [6, 6.07) is 0.558. The molecule has 66 valence electrons. The van der Waals surface area contributed by atoms with E-state index in [1.165, 1.54) is 6.42 Å². The first-order valence-electron chi connectivity index (χ1n) is 4.62. The number of hydrogen-bond acceptors (Lipinski definition) is 2. The lowest BCUT2D eigenvalue weighted by molar-refractivity contribution is 0.503. The first kappa shape index (κ1) is 10.5. The summed E-state index contributed by atoms with van der Waals surface area (Å²) in [6.07, 6.45) is 6.51. The molecule has 0 aromatic rings. The monoisotopic (exact) mass is 156 g/mol. The minimum atomic E-state index is 0.558. The Labute approximate surface area is 70.1 Å². The van der Waals surface area contributed by atoms with E-state index in [0.29, 0.717) is 6.04 Å². The van der Waals surface area contributed by atoms with E-state index >= 15 is 0 Å². The highest BCUT2D eigenvalue weighted by Crippen LogP contribution is 1.94. The summed E-state index contributed by atoms with van der Waals surface area (Å²) in [6.45, 7) is 6.51. The third-order valence-corrected chi connectivity index (χ3v) is 1.75. The molecule has 0 fully saturated rings. The van der Waals surface area contributed by atoms with Crippen LogP contribution in [0.25, 0.3) is 0 Å². The standard InChI is InChI=1S/C9H20N2/c1-4-7-8-10-11-9(5-2)6-3/h8-9,11H,4-7H2,1-3H3. The second-order valence-electron chi connectivity index (χ2n) is 2.74. The van der Waals surface area contributed by atoms with Crippen LogP contribution in [0, 0.1) is 0 Å². The molecule has 2 nitrogen and oxygen atoms in total. The van der Waals surface area contributed by atoms with E-state index in [4.69, 9.17) is 0 Å². The van der Waals surface area contributed by atoms with Crippen LogP contribution in [0.5, 0.6) is 0 Å². The minimum absolute atomic E-state index is 0.558. The number of nitrogens with zero attached hydrogens (tertiary/aromatic N) is 1. The van der Waals surface area contributed by atoms with E-state index in [-0.39, 0.29) is 0 Å². The second-order valence-corrected chi connectivity index (χ2v) is 2.74. The van der Waals surface area contributed by atoms with Crippen molar-refractivity contribution in [2.75, 3.05) is 0 Å². The highest BCUT2D eigenvalue weighted by molar-refractivity contribution is 5.56. The molecule has 0 saturated carbocycles. The molecule has 0 spiro atoms. The first-order chi connectivity index (χ1) is 5.35. The van der Waals surface area contributed by atoms with E-state index in [2.05, 4.69) is 31.3 Å². The summed E-state index contributed by atoms with van der Waals surface area (Å²) in [4.78, 5) is 0. The van der Waals surface area contributed by atoms with Crippen LogP contribution in [0.4, 0.5) is 0 Å². The lowest BCUT2D eigenvalue weighted by Crippen LogP contribution is -2.22. The van der Waals surface area contributed by atoms with Gasteiger partial charge in [0.1, 0.15) is 0 Å². The zero-order valence-corrected chi connectivity index (χ0v) is 7.93. The van der Waals surface area contributed by atoms with Gasteiger partial charge in [-0.05, 0) is 19.3 Å². The topological polar surface area (TPSA) is 24.4 Å². The Morgan fingerprint density at radius 2 is 1.91 bits per heavy atom. The molecule has 11 heavy (non-hydrogen) atoms. The Bertz CT molecular complexity index is 95.7. The molecule has 0 aliphatic heterocycles. The van der Waals surface area contributed by atoms with Crippen molar-refractivity contribution in [3.63, 3.8) is 0 Å². The number of nitrogens with one attached hydrogen (secondary N) is 1. The van der Waals surface area contributed by atoms with Gasteiger partial charge in [-0.25, -0.2) is 0 Å². The zero-order chi connectivity index (χ0) is 8.53. The number of hydrazone groups is 1. The zero-order valence-electron chi connectivity index (χ0n) is 7.93. The molecular weight excluding hydrogens is 136 g/mol. The van der Waals surface area contributed by atoms with Crippen molar-refractivity contribution in [3.05, 3.63) is 0 Å². The molecule has 0 aromatic carbocycles. The van der Waals surface area contributed by atoms with Gasteiger partial charge in [0.25, 0.3) is 0 Å². The van der Waals surface area contributed by atoms with Crippen LogP contribution in [-0.4, -0.2) is 12.3 Å². The van der Waals surface area contributed by atoms with Gasteiger partial charge in [-0.2, -0.15) is 5.10 Å². The average Bonchev–Trinajstić information content (AvgIpc) is 2.05. The van der Waals surface area contributed by atoms with E-state index in [1.807, 2.05) is 6.21 Å². The van der Waals surface area contributed by atoms with Crippen LogP contribution in [0.15, 0.2) is 5.10 Å². The van der Waals surface area contributed by atoms with Gasteiger partial charge < -0.3 is 5.43 Å². The highest BCUT2D eigenvalue weighted by atomic mass is 15.3. The largest absolute Gasteiger partial charge is 0.307 e. The van der Waals surface area contributed by atoms with Crippen molar-refractivity contribution in [1.82, 2.24) is 5.43 Å². The molecular formula is C9H20N2. The van der Waals surface area contributed by atoms with Crippen molar-refractivity contribution in [2.45, 2.75) is 52.5 Å². The lowest BCUT2D eigenvalue weighted by Gasteiger charge is -2.10. The molecule has 2 heteroatoms. The van der Waals surface area contributed by atoms with Crippen LogP contribution in [0.3, 0.4) is 0 Å². The van der Waals surface area contributed by atoms with E-state index < -0.39 is 0 Å². The van der Waals surface area contributed by atoms with Crippen molar-refractivity contribution >= 4 is 6.21 Å². The van der Waals surface area contributed by atoms with Gasteiger partial charge in [-0.1, -0.05) is 27.2 Å². The molecule has 0 aliphatic carbocycles. The Hall–Kier alpha value is -0.530. The predicted molar refractivity (Wildman–Crippen MR) is 50.9 cm³/mol. The molecule has 0 amide bonds. The Morgan fingerprint density at radius 1 is 1.27 bits per heavy atom. The Kier molecular flexibility index (Phi) is 7.21. The normalized spacial score (nSPS) is 11.3. The van der Waals surface area contributed by atoms with Crippen LogP contribution in [0.1, 0.15) is 46.5 Å². The summed E-state index contributed by atoms with van der Waals surface area (Å²) in [5.41, 5.74) is 3.12. The van der Waals surface area contributed by atoms with E-state index in [9.17, 15) is 0 Å². The van der Waals surface area contributed by atoms with Gasteiger partial charge in [0.2, 0.25) is 0 Å². The van der Waals surface area contributed by atoms with Gasteiger partial charge in [0, 0.05) is 12.3 Å². The Balaban J connectivity index is 3.33. The molecule has 0 unspecified atom stereocenters. The van der Waals surface area contributed by atoms with Gasteiger partial charge in [-0.15, -0.1) is 0 Å². The molecule has 0 atom stereocenters. The fourth-order valence-corrected chi connectivity index (χ4v) is 0.823. The van der Waals surface area contributed by atoms with E-state index in [0.717, 1.165) is 19.3 Å². The smallest absolute Gasteiger partial charge is 0.0434 e. The second kappa shape index (κ2) is 7.58. The molecule has 0 saturated heterocycles. The van der Waals surface area contributed by atoms with Crippen LogP contribution < -0.4 is 5.43 Å². The molecule has 0 aromatic heterocycles. The molecule has 0 aliphatic rings. The SMILES string of the molecule is CCCC=NNC(CC)CC. The van der Waals surface area contributed by atoms with Gasteiger partial charge in [0.15, 0.2) is 0 Å². The minimum Gasteiger partial charge on any atom is -0.307 e.